The summed E-state index contributed by atoms with van der Waals surface area (Å²) in [5.74, 6) is -0.188. The molecule has 0 aromatic heterocycles. The second-order valence-electron chi connectivity index (χ2n) is 12.9. The van der Waals surface area contributed by atoms with Crippen LogP contribution in [0.2, 0.25) is 0 Å². The second-order valence-corrected chi connectivity index (χ2v) is 14.3. The van der Waals surface area contributed by atoms with Crippen LogP contribution < -0.4 is 10.2 Å². The van der Waals surface area contributed by atoms with Crippen molar-refractivity contribution in [3.63, 3.8) is 0 Å². The summed E-state index contributed by atoms with van der Waals surface area (Å²) in [6.07, 6.45) is 27.8. The lowest BCUT2D eigenvalue weighted by molar-refractivity contribution is -0.870. The summed E-state index contributed by atoms with van der Waals surface area (Å²) in [5.41, 5.74) is 0. The number of nitrogens with one attached hydrogen (secondary N) is 1. The first-order valence-corrected chi connectivity index (χ1v) is 18.6. The Morgan fingerprint density at radius 2 is 1.35 bits per heavy atom. The number of rotatable bonds is 30. The van der Waals surface area contributed by atoms with E-state index in [0.717, 1.165) is 77.0 Å². The number of aliphatic hydroxyl groups excluding tert-OH is 1. The van der Waals surface area contributed by atoms with Crippen molar-refractivity contribution >= 4 is 13.7 Å². The molecule has 3 unspecified atom stereocenters. The highest BCUT2D eigenvalue weighted by atomic mass is 31.2. The van der Waals surface area contributed by atoms with E-state index in [-0.39, 0.29) is 19.1 Å². The monoisotopic (exact) mass is 630 g/mol. The maximum absolute atomic E-state index is 12.7. The van der Waals surface area contributed by atoms with Crippen LogP contribution in [0, 0.1) is 0 Å². The van der Waals surface area contributed by atoms with Crippen LogP contribution >= 0.6 is 7.82 Å². The first-order chi connectivity index (χ1) is 20.5. The fourth-order valence-electron chi connectivity index (χ4n) is 4.60. The largest absolute Gasteiger partial charge is 0.756 e. The SMILES string of the molecule is CCCCCC/C=C\C/C=C\CCCCCCCC(=O)NC(COP(=O)([O-])OCC[N+](C)(C)C)C(O)CCCCCCC. The Bertz CT molecular complexity index is 768. The molecule has 0 bridgehead atoms. The van der Waals surface area contributed by atoms with Gasteiger partial charge in [0, 0.05) is 6.42 Å². The van der Waals surface area contributed by atoms with Gasteiger partial charge in [-0.1, -0.05) is 109 Å². The van der Waals surface area contributed by atoms with E-state index in [9.17, 15) is 19.4 Å². The first-order valence-electron chi connectivity index (χ1n) is 17.2. The van der Waals surface area contributed by atoms with Crippen molar-refractivity contribution in [1.29, 1.82) is 0 Å². The number of allylic oxidation sites excluding steroid dienone is 4. The van der Waals surface area contributed by atoms with Gasteiger partial charge in [0.1, 0.15) is 13.2 Å². The Hall–Kier alpha value is -1.02. The Labute approximate surface area is 264 Å². The zero-order valence-corrected chi connectivity index (χ0v) is 29.3. The molecule has 0 aliphatic rings. The van der Waals surface area contributed by atoms with Gasteiger partial charge in [-0.3, -0.25) is 9.36 Å². The van der Waals surface area contributed by atoms with Crippen LogP contribution in [0.4, 0.5) is 0 Å². The van der Waals surface area contributed by atoms with E-state index >= 15 is 0 Å². The van der Waals surface area contributed by atoms with Gasteiger partial charge < -0.3 is 28.8 Å². The summed E-state index contributed by atoms with van der Waals surface area (Å²) in [6.45, 7) is 4.56. The highest BCUT2D eigenvalue weighted by Crippen LogP contribution is 2.38. The molecule has 0 saturated carbocycles. The lowest BCUT2D eigenvalue weighted by atomic mass is 10.0. The molecule has 9 heteroatoms. The first kappa shape index (κ1) is 42.0. The summed E-state index contributed by atoms with van der Waals surface area (Å²) in [4.78, 5) is 24.9. The molecule has 254 valence electrons. The molecule has 0 aliphatic heterocycles. The number of amides is 1. The number of hydrogen-bond acceptors (Lipinski definition) is 6. The number of nitrogens with zero attached hydrogens (tertiary/aromatic N) is 1. The van der Waals surface area contributed by atoms with E-state index in [1.165, 1.54) is 32.1 Å². The number of phosphoric ester groups is 1. The van der Waals surface area contributed by atoms with Gasteiger partial charge in [0.25, 0.3) is 7.82 Å². The van der Waals surface area contributed by atoms with Crippen LogP contribution in [-0.2, 0) is 18.4 Å². The molecule has 0 fully saturated rings. The molecule has 0 rings (SSSR count). The number of carbonyl (C=O) groups excluding carboxylic acids is 1. The molecule has 0 heterocycles. The summed E-state index contributed by atoms with van der Waals surface area (Å²) >= 11 is 0. The minimum absolute atomic E-state index is 0.00811. The maximum atomic E-state index is 12.7. The third-order valence-corrected chi connectivity index (χ3v) is 8.41. The van der Waals surface area contributed by atoms with Crippen LogP contribution in [0.5, 0.6) is 0 Å². The van der Waals surface area contributed by atoms with Gasteiger partial charge in [-0.25, -0.2) is 0 Å². The highest BCUT2D eigenvalue weighted by Gasteiger charge is 2.24. The van der Waals surface area contributed by atoms with Crippen molar-refractivity contribution in [2.75, 3.05) is 40.9 Å². The van der Waals surface area contributed by atoms with Crippen LogP contribution in [0.25, 0.3) is 0 Å². The fraction of sp³-hybridized carbons (Fsp3) is 0.853. The number of unbranched alkanes of at least 4 members (excludes halogenated alkanes) is 13. The number of quaternary nitrogens is 1. The zero-order valence-electron chi connectivity index (χ0n) is 28.4. The number of phosphoric acid groups is 1. The summed E-state index contributed by atoms with van der Waals surface area (Å²) in [6, 6.07) is -0.800. The highest BCUT2D eigenvalue weighted by molar-refractivity contribution is 7.45. The topological polar surface area (TPSA) is 108 Å². The normalized spacial score (nSPS) is 15.2. The average molecular weight is 631 g/mol. The third kappa shape index (κ3) is 29.5. The lowest BCUT2D eigenvalue weighted by Gasteiger charge is -2.30. The predicted molar refractivity (Wildman–Crippen MR) is 178 cm³/mol. The van der Waals surface area contributed by atoms with Crippen molar-refractivity contribution in [3.8, 4) is 0 Å². The van der Waals surface area contributed by atoms with Crippen molar-refractivity contribution < 1.29 is 32.9 Å². The standard InChI is InChI=1S/C34H67N2O6P/c1-6-8-10-12-13-14-15-16-17-18-19-20-21-22-24-26-28-34(38)35-32(33(37)27-25-23-11-9-7-2)31-42-43(39,40)41-30-29-36(3,4)5/h14-15,17-18,32-33,37H,6-13,16,19-31H2,1-5H3,(H-,35,38,39,40)/b15-14-,18-17-. The number of carbonyl (C=O) groups is 1. The van der Waals surface area contributed by atoms with Gasteiger partial charge in [-0.2, -0.15) is 0 Å². The molecule has 1 amide bonds. The Morgan fingerprint density at radius 1 is 0.814 bits per heavy atom. The molecule has 0 saturated heterocycles. The van der Waals surface area contributed by atoms with E-state index < -0.39 is 20.0 Å². The van der Waals surface area contributed by atoms with E-state index in [1.807, 2.05) is 21.1 Å². The Kier molecular flexibility index (Phi) is 26.7. The molecule has 0 aromatic rings. The molecule has 0 radical (unpaired) electrons. The molecular weight excluding hydrogens is 563 g/mol. The van der Waals surface area contributed by atoms with Gasteiger partial charge in [0.15, 0.2) is 0 Å². The summed E-state index contributed by atoms with van der Waals surface area (Å²) in [5, 5.41) is 13.6. The maximum Gasteiger partial charge on any atom is 0.268 e. The van der Waals surface area contributed by atoms with Crippen LogP contribution in [-0.4, -0.2) is 68.5 Å². The number of likely N-dealkylation sites (N-methyl/N-ethyl adjacent to an activating group) is 1. The second kappa shape index (κ2) is 27.3. The van der Waals surface area contributed by atoms with Gasteiger partial charge in [-0.05, 0) is 44.9 Å². The molecule has 3 atom stereocenters. The van der Waals surface area contributed by atoms with Crippen molar-refractivity contribution in [2.24, 2.45) is 0 Å². The van der Waals surface area contributed by atoms with Crippen molar-refractivity contribution in [1.82, 2.24) is 5.32 Å². The van der Waals surface area contributed by atoms with E-state index in [0.29, 0.717) is 23.9 Å². The van der Waals surface area contributed by atoms with E-state index in [4.69, 9.17) is 9.05 Å². The number of hydrogen-bond donors (Lipinski definition) is 2. The lowest BCUT2D eigenvalue weighted by Crippen LogP contribution is -2.46. The fourth-order valence-corrected chi connectivity index (χ4v) is 5.32. The summed E-state index contributed by atoms with van der Waals surface area (Å²) in [7, 11) is 1.28. The third-order valence-electron chi connectivity index (χ3n) is 7.44. The number of aliphatic hydroxyl groups is 1. The van der Waals surface area contributed by atoms with Gasteiger partial charge in [0.2, 0.25) is 5.91 Å². The minimum atomic E-state index is -4.54. The van der Waals surface area contributed by atoms with Gasteiger partial charge in [-0.15, -0.1) is 0 Å². The van der Waals surface area contributed by atoms with Crippen molar-refractivity contribution in [3.05, 3.63) is 24.3 Å². The average Bonchev–Trinajstić information content (AvgIpc) is 2.94. The smallest absolute Gasteiger partial charge is 0.268 e. The molecule has 0 aliphatic carbocycles. The molecule has 43 heavy (non-hydrogen) atoms. The molecule has 0 aromatic carbocycles. The van der Waals surface area contributed by atoms with Gasteiger partial charge >= 0.3 is 0 Å². The Morgan fingerprint density at radius 3 is 1.95 bits per heavy atom. The summed E-state index contributed by atoms with van der Waals surface area (Å²) < 4.78 is 22.9. The molecular formula is C34H67N2O6P. The van der Waals surface area contributed by atoms with E-state index in [2.05, 4.69) is 43.5 Å². The van der Waals surface area contributed by atoms with E-state index in [1.54, 1.807) is 0 Å². The minimum Gasteiger partial charge on any atom is -0.756 e. The zero-order chi connectivity index (χ0) is 32.2. The molecule has 2 N–H and O–H groups in total. The predicted octanol–water partition coefficient (Wildman–Crippen LogP) is 7.60. The van der Waals surface area contributed by atoms with Crippen molar-refractivity contribution in [2.45, 2.75) is 148 Å². The molecule has 8 nitrogen and oxygen atoms in total. The van der Waals surface area contributed by atoms with Gasteiger partial charge in [0.05, 0.1) is 39.9 Å². The van der Waals surface area contributed by atoms with Crippen LogP contribution in [0.3, 0.4) is 0 Å². The quantitative estimate of drug-likeness (QED) is 0.0366. The van der Waals surface area contributed by atoms with Crippen LogP contribution in [0.1, 0.15) is 136 Å². The van der Waals surface area contributed by atoms with Crippen LogP contribution in [0.15, 0.2) is 24.3 Å². The molecule has 0 spiro atoms. The Balaban J connectivity index is 4.36.